The van der Waals surface area contributed by atoms with Crippen molar-refractivity contribution in [2.24, 2.45) is 0 Å². The third-order valence-electron chi connectivity index (χ3n) is 3.88. The van der Waals surface area contributed by atoms with Crippen LogP contribution in [0.1, 0.15) is 59.3 Å². The standard InChI is InChI=1S/C5H5O2.3C4H9.Sn/c1-2-3-4-5(6)7;3*1-3-4-2;/h1-4H,(H,6,7);3*1,3-4H2,2H3;. The first kappa shape index (κ1) is 19.7. The van der Waals surface area contributed by atoms with Gasteiger partial charge in [0.15, 0.2) is 0 Å². The van der Waals surface area contributed by atoms with E-state index in [2.05, 4.69) is 24.9 Å². The monoisotopic (exact) mass is 388 g/mol. The fourth-order valence-electron chi connectivity index (χ4n) is 2.61. The summed E-state index contributed by atoms with van der Waals surface area (Å²) in [6.45, 7) is 6.80. The fraction of sp³-hybridized carbons (Fsp3) is 0.706. The summed E-state index contributed by atoms with van der Waals surface area (Å²) in [5, 5.41) is 8.66. The molecular formula is C17H32O2Sn. The number of allylic oxidation sites excluding steroid dienone is 2. The Morgan fingerprint density at radius 1 is 0.900 bits per heavy atom. The van der Waals surface area contributed by atoms with Gasteiger partial charge >= 0.3 is 129 Å². The summed E-state index contributed by atoms with van der Waals surface area (Å²) in [7, 11) is 0. The van der Waals surface area contributed by atoms with E-state index < -0.39 is 24.3 Å². The van der Waals surface area contributed by atoms with Gasteiger partial charge in [-0.05, 0) is 0 Å². The Hall–Kier alpha value is -0.251. The second-order valence-electron chi connectivity index (χ2n) is 5.73. The fourth-order valence-corrected chi connectivity index (χ4v) is 16.7. The maximum atomic E-state index is 10.5. The van der Waals surface area contributed by atoms with Crippen molar-refractivity contribution in [2.75, 3.05) is 0 Å². The summed E-state index contributed by atoms with van der Waals surface area (Å²) in [6.07, 6.45) is 12.8. The van der Waals surface area contributed by atoms with Crippen LogP contribution in [0.3, 0.4) is 0 Å². The van der Waals surface area contributed by atoms with Crippen LogP contribution in [0.4, 0.5) is 0 Å². The molecule has 116 valence electrons. The second-order valence-corrected chi connectivity index (χ2v) is 18.7. The Balaban J connectivity index is 4.86. The van der Waals surface area contributed by atoms with Crippen LogP contribution >= 0.6 is 0 Å². The number of carboxylic acid groups (broad SMARTS) is 1. The molecule has 1 N–H and O–H groups in total. The minimum absolute atomic E-state index is 0.855. The van der Waals surface area contributed by atoms with Crippen LogP contribution in [-0.4, -0.2) is 29.5 Å². The number of aliphatic carboxylic acids is 1. The van der Waals surface area contributed by atoms with E-state index in [0.29, 0.717) is 0 Å². The Bertz CT molecular complexity index is 286. The van der Waals surface area contributed by atoms with Crippen LogP contribution < -0.4 is 0 Å². The molecule has 0 fully saturated rings. The number of rotatable bonds is 12. The van der Waals surface area contributed by atoms with E-state index in [9.17, 15) is 4.79 Å². The van der Waals surface area contributed by atoms with Crippen LogP contribution in [0.15, 0.2) is 22.3 Å². The topological polar surface area (TPSA) is 37.3 Å². The van der Waals surface area contributed by atoms with Gasteiger partial charge in [0.2, 0.25) is 0 Å². The molecule has 0 heterocycles. The van der Waals surface area contributed by atoms with Gasteiger partial charge in [-0.1, -0.05) is 0 Å². The van der Waals surface area contributed by atoms with Crippen molar-refractivity contribution >= 4 is 24.3 Å². The summed E-state index contributed by atoms with van der Waals surface area (Å²) in [5.74, 6) is -0.855. The first-order chi connectivity index (χ1) is 9.60. The molecule has 0 saturated heterocycles. The van der Waals surface area contributed by atoms with Gasteiger partial charge in [0.05, 0.1) is 0 Å². The number of carbonyl (C=O) groups is 1. The van der Waals surface area contributed by atoms with Crippen LogP contribution in [0.2, 0.25) is 13.3 Å². The van der Waals surface area contributed by atoms with Crippen molar-refractivity contribution in [1.82, 2.24) is 0 Å². The Morgan fingerprint density at radius 3 is 1.70 bits per heavy atom. The Labute approximate surface area is 129 Å². The van der Waals surface area contributed by atoms with Crippen LogP contribution in [0, 0.1) is 0 Å². The zero-order chi connectivity index (χ0) is 15.3. The van der Waals surface area contributed by atoms with E-state index >= 15 is 0 Å². The van der Waals surface area contributed by atoms with Gasteiger partial charge in [-0.25, -0.2) is 0 Å². The number of hydrogen-bond acceptors (Lipinski definition) is 1. The average molecular weight is 387 g/mol. The summed E-state index contributed by atoms with van der Waals surface area (Å²) in [4.78, 5) is 10.5. The average Bonchev–Trinajstić information content (AvgIpc) is 2.44. The van der Waals surface area contributed by atoms with Crippen molar-refractivity contribution in [3.05, 3.63) is 22.3 Å². The predicted molar refractivity (Wildman–Crippen MR) is 90.8 cm³/mol. The van der Waals surface area contributed by atoms with E-state index in [4.69, 9.17) is 5.11 Å². The molecule has 20 heavy (non-hydrogen) atoms. The van der Waals surface area contributed by atoms with Gasteiger partial charge in [0, 0.05) is 0 Å². The van der Waals surface area contributed by atoms with Crippen molar-refractivity contribution < 1.29 is 9.90 Å². The summed E-state index contributed by atoms with van der Waals surface area (Å²) < 4.78 is 6.78. The molecule has 0 rings (SSSR count). The first-order valence-corrected chi connectivity index (χ1v) is 15.9. The van der Waals surface area contributed by atoms with E-state index in [0.717, 1.165) is 0 Å². The molecule has 0 atom stereocenters. The van der Waals surface area contributed by atoms with Gasteiger partial charge < -0.3 is 0 Å². The molecule has 3 heteroatoms. The molecule has 0 aliphatic heterocycles. The number of carboxylic acids is 1. The first-order valence-electron chi connectivity index (χ1n) is 8.19. The predicted octanol–water partition coefficient (Wildman–Crippen LogP) is 5.57. The SMILES string of the molecule is CCC[CH2][Sn]([CH]=CC=CC(=O)O)([CH2]CCC)[CH2]CCC. The van der Waals surface area contributed by atoms with Crippen LogP contribution in [-0.2, 0) is 4.79 Å². The molecule has 0 saturated carbocycles. The molecule has 0 aliphatic carbocycles. The van der Waals surface area contributed by atoms with Crippen molar-refractivity contribution in [2.45, 2.75) is 72.6 Å². The third-order valence-corrected chi connectivity index (χ3v) is 18.0. The summed E-state index contributed by atoms with van der Waals surface area (Å²) in [6, 6.07) is 0. The molecule has 0 aromatic rings. The zero-order valence-electron chi connectivity index (χ0n) is 13.5. The summed E-state index contributed by atoms with van der Waals surface area (Å²) >= 11 is -2.19. The molecule has 2 nitrogen and oxygen atoms in total. The third kappa shape index (κ3) is 9.62. The van der Waals surface area contributed by atoms with Crippen LogP contribution in [0.5, 0.6) is 0 Å². The van der Waals surface area contributed by atoms with Crippen molar-refractivity contribution in [1.29, 1.82) is 0 Å². The van der Waals surface area contributed by atoms with E-state index in [1.54, 1.807) is 6.08 Å². The molecule has 0 aliphatic rings. The van der Waals surface area contributed by atoms with Crippen molar-refractivity contribution in [3.8, 4) is 0 Å². The maximum absolute atomic E-state index is 10.5. The zero-order valence-corrected chi connectivity index (χ0v) is 16.4. The van der Waals surface area contributed by atoms with E-state index in [1.807, 2.05) is 6.08 Å². The van der Waals surface area contributed by atoms with Gasteiger partial charge in [-0.2, -0.15) is 0 Å². The molecule has 0 spiro atoms. The molecule has 0 bridgehead atoms. The molecule has 0 aromatic carbocycles. The van der Waals surface area contributed by atoms with Gasteiger partial charge in [0.25, 0.3) is 0 Å². The Kier molecular flexibility index (Phi) is 12.3. The molecule has 0 radical (unpaired) electrons. The normalized spacial score (nSPS) is 12.6. The molecule has 0 amide bonds. The molecule has 0 aromatic heterocycles. The van der Waals surface area contributed by atoms with Gasteiger partial charge in [-0.15, -0.1) is 0 Å². The summed E-state index contributed by atoms with van der Waals surface area (Å²) in [5.41, 5.74) is 0. The van der Waals surface area contributed by atoms with Gasteiger partial charge in [-0.3, -0.25) is 0 Å². The van der Waals surface area contributed by atoms with E-state index in [-0.39, 0.29) is 0 Å². The van der Waals surface area contributed by atoms with E-state index in [1.165, 1.54) is 57.9 Å². The quantitative estimate of drug-likeness (QED) is 0.270. The second kappa shape index (κ2) is 12.5. The number of unbranched alkanes of at least 4 members (excludes halogenated alkanes) is 3. The molecular weight excluding hydrogens is 355 g/mol. The Morgan fingerprint density at radius 2 is 1.35 bits per heavy atom. The number of hydrogen-bond donors (Lipinski definition) is 1. The van der Waals surface area contributed by atoms with Crippen molar-refractivity contribution in [3.63, 3.8) is 0 Å². The minimum atomic E-state index is -2.19. The van der Waals surface area contributed by atoms with Gasteiger partial charge in [0.1, 0.15) is 0 Å². The molecule has 0 unspecified atom stereocenters. The van der Waals surface area contributed by atoms with Crippen LogP contribution in [0.25, 0.3) is 0 Å².